The third kappa shape index (κ3) is 3.78. The van der Waals surface area contributed by atoms with Gasteiger partial charge in [-0.15, -0.1) is 0 Å². The quantitative estimate of drug-likeness (QED) is 0.845. The molecule has 1 aromatic rings. The Labute approximate surface area is 128 Å². The van der Waals surface area contributed by atoms with Crippen LogP contribution in [-0.2, 0) is 4.79 Å². The van der Waals surface area contributed by atoms with Crippen LogP contribution >= 0.6 is 0 Å². The number of likely N-dealkylation sites (tertiary alicyclic amines) is 1. The van der Waals surface area contributed by atoms with E-state index >= 15 is 0 Å². The van der Waals surface area contributed by atoms with Crippen molar-refractivity contribution >= 4 is 5.91 Å². The third-order valence-corrected chi connectivity index (χ3v) is 4.44. The number of hydrogen-bond donors (Lipinski definition) is 0. The number of nitrogens with zero attached hydrogens (tertiary/aromatic N) is 1. The van der Waals surface area contributed by atoms with Crippen LogP contribution in [0.5, 0.6) is 5.75 Å². The van der Waals surface area contributed by atoms with E-state index in [-0.39, 0.29) is 12.0 Å². The number of carbonyl (C=O) groups is 1. The molecule has 0 unspecified atom stereocenters. The average Bonchev–Trinajstić information content (AvgIpc) is 2.48. The van der Waals surface area contributed by atoms with Crippen LogP contribution in [0.25, 0.3) is 0 Å². The van der Waals surface area contributed by atoms with Crippen molar-refractivity contribution < 1.29 is 9.53 Å². The van der Waals surface area contributed by atoms with Crippen molar-refractivity contribution in [3.8, 4) is 5.75 Å². The number of piperidine rings is 1. The van der Waals surface area contributed by atoms with Crippen molar-refractivity contribution in [3.05, 3.63) is 29.3 Å². The first-order chi connectivity index (χ1) is 10.0. The zero-order valence-corrected chi connectivity index (χ0v) is 13.7. The van der Waals surface area contributed by atoms with Gasteiger partial charge in [0.2, 0.25) is 0 Å². The van der Waals surface area contributed by atoms with Crippen LogP contribution in [0.3, 0.4) is 0 Å². The maximum absolute atomic E-state index is 12.7. The molecule has 1 saturated heterocycles. The zero-order valence-electron chi connectivity index (χ0n) is 13.7. The van der Waals surface area contributed by atoms with E-state index in [1.165, 1.54) is 12.0 Å². The Morgan fingerprint density at radius 3 is 2.86 bits per heavy atom. The lowest BCUT2D eigenvalue weighted by Crippen LogP contribution is -2.46. The second-order valence-corrected chi connectivity index (χ2v) is 6.24. The van der Waals surface area contributed by atoms with E-state index in [9.17, 15) is 4.79 Å². The maximum Gasteiger partial charge on any atom is 0.263 e. The molecule has 1 fully saturated rings. The summed E-state index contributed by atoms with van der Waals surface area (Å²) in [5.41, 5.74) is 2.32. The maximum atomic E-state index is 12.7. The molecule has 0 radical (unpaired) electrons. The van der Waals surface area contributed by atoms with Gasteiger partial charge in [-0.2, -0.15) is 0 Å². The van der Waals surface area contributed by atoms with Crippen molar-refractivity contribution in [1.29, 1.82) is 0 Å². The van der Waals surface area contributed by atoms with Crippen LogP contribution < -0.4 is 4.74 Å². The normalized spacial score (nSPS) is 20.2. The van der Waals surface area contributed by atoms with Crippen molar-refractivity contribution in [3.63, 3.8) is 0 Å². The van der Waals surface area contributed by atoms with Crippen LogP contribution in [0.2, 0.25) is 0 Å². The summed E-state index contributed by atoms with van der Waals surface area (Å²) in [7, 11) is 0. The molecule has 1 aliphatic heterocycles. The van der Waals surface area contributed by atoms with Gasteiger partial charge in [0, 0.05) is 13.1 Å². The highest BCUT2D eigenvalue weighted by Crippen LogP contribution is 2.24. The lowest BCUT2D eigenvalue weighted by Gasteiger charge is -2.33. The van der Waals surface area contributed by atoms with E-state index < -0.39 is 0 Å². The van der Waals surface area contributed by atoms with Crippen molar-refractivity contribution in [2.75, 3.05) is 13.1 Å². The second-order valence-electron chi connectivity index (χ2n) is 6.24. The second kappa shape index (κ2) is 6.97. The molecule has 21 heavy (non-hydrogen) atoms. The fourth-order valence-electron chi connectivity index (χ4n) is 2.91. The standard InChI is InChI=1S/C18H27NO2/c1-5-16(18(20)19-11-7-8-13(2)12-19)21-17-10-6-9-14(3)15(17)4/h6,9-10,13,16H,5,7-8,11-12H2,1-4H3/t13-,16-/m0/s1. The van der Waals surface area contributed by atoms with Crippen LogP contribution in [0.15, 0.2) is 18.2 Å². The lowest BCUT2D eigenvalue weighted by molar-refractivity contribution is -0.140. The van der Waals surface area contributed by atoms with Crippen molar-refractivity contribution in [2.24, 2.45) is 5.92 Å². The van der Waals surface area contributed by atoms with Gasteiger partial charge in [-0.1, -0.05) is 26.0 Å². The highest BCUT2D eigenvalue weighted by atomic mass is 16.5. The molecule has 2 rings (SSSR count). The Morgan fingerprint density at radius 1 is 1.43 bits per heavy atom. The molecule has 0 spiro atoms. The largest absolute Gasteiger partial charge is 0.480 e. The first kappa shape index (κ1) is 15.9. The Kier molecular flexibility index (Phi) is 5.27. The van der Waals surface area contributed by atoms with Crippen LogP contribution in [-0.4, -0.2) is 30.0 Å². The molecule has 1 aliphatic rings. The van der Waals surface area contributed by atoms with Gasteiger partial charge in [-0.05, 0) is 56.2 Å². The molecule has 0 aliphatic carbocycles. The average molecular weight is 289 g/mol. The van der Waals surface area contributed by atoms with Gasteiger partial charge in [-0.25, -0.2) is 0 Å². The van der Waals surface area contributed by atoms with Crippen LogP contribution in [0, 0.1) is 19.8 Å². The van der Waals surface area contributed by atoms with Gasteiger partial charge in [0.1, 0.15) is 5.75 Å². The molecular formula is C18H27NO2. The Bertz CT molecular complexity index is 498. The highest BCUT2D eigenvalue weighted by molar-refractivity contribution is 5.81. The number of amides is 1. The minimum atomic E-state index is -0.365. The van der Waals surface area contributed by atoms with E-state index in [0.717, 1.165) is 30.8 Å². The Morgan fingerprint density at radius 2 is 2.19 bits per heavy atom. The molecule has 116 valence electrons. The zero-order chi connectivity index (χ0) is 15.4. The monoisotopic (exact) mass is 289 g/mol. The molecule has 0 N–H and O–H groups in total. The van der Waals surface area contributed by atoms with Gasteiger partial charge in [0.25, 0.3) is 5.91 Å². The molecule has 1 aromatic carbocycles. The van der Waals surface area contributed by atoms with Crippen molar-refractivity contribution in [2.45, 2.75) is 53.1 Å². The molecule has 0 bridgehead atoms. The summed E-state index contributed by atoms with van der Waals surface area (Å²) in [5, 5.41) is 0. The summed E-state index contributed by atoms with van der Waals surface area (Å²) >= 11 is 0. The number of rotatable bonds is 4. The first-order valence-electron chi connectivity index (χ1n) is 8.04. The molecule has 1 heterocycles. The highest BCUT2D eigenvalue weighted by Gasteiger charge is 2.28. The van der Waals surface area contributed by atoms with Gasteiger partial charge < -0.3 is 9.64 Å². The van der Waals surface area contributed by atoms with Gasteiger partial charge in [0.15, 0.2) is 6.10 Å². The Hall–Kier alpha value is -1.51. The molecule has 3 nitrogen and oxygen atoms in total. The van der Waals surface area contributed by atoms with Crippen LogP contribution in [0.1, 0.15) is 44.2 Å². The third-order valence-electron chi connectivity index (χ3n) is 4.44. The molecule has 2 atom stereocenters. The van der Waals surface area contributed by atoms with Crippen LogP contribution in [0.4, 0.5) is 0 Å². The van der Waals surface area contributed by atoms with E-state index in [4.69, 9.17) is 4.74 Å². The van der Waals surface area contributed by atoms with Crippen molar-refractivity contribution in [1.82, 2.24) is 4.90 Å². The molecule has 3 heteroatoms. The molecule has 0 aromatic heterocycles. The summed E-state index contributed by atoms with van der Waals surface area (Å²) in [6.45, 7) is 10.1. The molecule has 1 amide bonds. The summed E-state index contributed by atoms with van der Waals surface area (Å²) in [5.74, 6) is 1.58. The minimum absolute atomic E-state index is 0.143. The smallest absolute Gasteiger partial charge is 0.263 e. The summed E-state index contributed by atoms with van der Waals surface area (Å²) in [6.07, 6.45) is 2.67. The van der Waals surface area contributed by atoms with E-state index in [1.807, 2.05) is 30.9 Å². The first-order valence-corrected chi connectivity index (χ1v) is 8.04. The van der Waals surface area contributed by atoms with E-state index in [2.05, 4.69) is 19.9 Å². The number of benzene rings is 1. The number of ether oxygens (including phenoxy) is 1. The minimum Gasteiger partial charge on any atom is -0.480 e. The molecular weight excluding hydrogens is 262 g/mol. The fourth-order valence-corrected chi connectivity index (χ4v) is 2.91. The topological polar surface area (TPSA) is 29.5 Å². The fraction of sp³-hybridized carbons (Fsp3) is 0.611. The SMILES string of the molecule is CC[C@H](Oc1cccc(C)c1C)C(=O)N1CCC[C@H](C)C1. The number of hydrogen-bond acceptors (Lipinski definition) is 2. The van der Waals surface area contributed by atoms with E-state index in [1.54, 1.807) is 0 Å². The van der Waals surface area contributed by atoms with E-state index in [0.29, 0.717) is 12.3 Å². The number of carbonyl (C=O) groups excluding carboxylic acids is 1. The predicted molar refractivity (Wildman–Crippen MR) is 85.6 cm³/mol. The van der Waals surface area contributed by atoms with Gasteiger partial charge >= 0.3 is 0 Å². The molecule has 0 saturated carbocycles. The summed E-state index contributed by atoms with van der Waals surface area (Å²) < 4.78 is 6.03. The van der Waals surface area contributed by atoms with Gasteiger partial charge in [-0.3, -0.25) is 4.79 Å². The van der Waals surface area contributed by atoms with Gasteiger partial charge in [0.05, 0.1) is 0 Å². The number of aryl methyl sites for hydroxylation is 1. The predicted octanol–water partition coefficient (Wildman–Crippen LogP) is 3.72. The Balaban J connectivity index is 2.08. The summed E-state index contributed by atoms with van der Waals surface area (Å²) in [4.78, 5) is 14.7. The lowest BCUT2D eigenvalue weighted by atomic mass is 9.99. The summed E-state index contributed by atoms with van der Waals surface area (Å²) in [6, 6.07) is 6.01.